The molecule has 0 radical (unpaired) electrons. The van der Waals surface area contributed by atoms with Gasteiger partial charge in [-0.25, -0.2) is 4.98 Å². The Labute approximate surface area is 123 Å². The Bertz CT molecular complexity index is 626. The fraction of sp³-hybridized carbons (Fsp3) is 0.400. The van der Waals surface area contributed by atoms with Crippen molar-refractivity contribution >= 4 is 5.91 Å². The predicted octanol–water partition coefficient (Wildman–Crippen LogP) is 0.491. The smallest absolute Gasteiger partial charge is 0.274 e. The van der Waals surface area contributed by atoms with Gasteiger partial charge in [0.1, 0.15) is 5.69 Å². The molecule has 1 N–H and O–H groups in total. The number of hydrogen-bond acceptors (Lipinski definition) is 4. The quantitative estimate of drug-likeness (QED) is 0.891. The SMILES string of the molecule is Cn1cnc(C(=O)N2C[C@@H](Cc3ccncc3)[C@@H](O)C2)c1. The summed E-state index contributed by atoms with van der Waals surface area (Å²) < 4.78 is 1.74. The topological polar surface area (TPSA) is 71.2 Å². The van der Waals surface area contributed by atoms with Gasteiger partial charge in [0.2, 0.25) is 0 Å². The van der Waals surface area contributed by atoms with E-state index in [-0.39, 0.29) is 11.8 Å². The molecule has 6 nitrogen and oxygen atoms in total. The molecule has 0 bridgehead atoms. The third-order valence-electron chi connectivity index (χ3n) is 3.86. The third kappa shape index (κ3) is 2.95. The Morgan fingerprint density at radius 2 is 2.14 bits per heavy atom. The van der Waals surface area contributed by atoms with Gasteiger partial charge in [-0.3, -0.25) is 9.78 Å². The molecule has 1 saturated heterocycles. The first-order chi connectivity index (χ1) is 10.1. The number of carbonyl (C=O) groups is 1. The number of likely N-dealkylation sites (tertiary alicyclic amines) is 1. The third-order valence-corrected chi connectivity index (χ3v) is 3.86. The van der Waals surface area contributed by atoms with Gasteiger partial charge in [-0.05, 0) is 24.1 Å². The molecule has 1 amide bonds. The van der Waals surface area contributed by atoms with Crippen LogP contribution in [-0.2, 0) is 13.5 Å². The van der Waals surface area contributed by atoms with Crippen molar-refractivity contribution < 1.29 is 9.90 Å². The van der Waals surface area contributed by atoms with Gasteiger partial charge in [-0.2, -0.15) is 0 Å². The number of hydrogen-bond donors (Lipinski definition) is 1. The summed E-state index contributed by atoms with van der Waals surface area (Å²) in [6, 6.07) is 3.88. The monoisotopic (exact) mass is 286 g/mol. The van der Waals surface area contributed by atoms with Crippen molar-refractivity contribution in [1.82, 2.24) is 19.4 Å². The molecule has 110 valence electrons. The first kappa shape index (κ1) is 13.8. The van der Waals surface area contributed by atoms with E-state index < -0.39 is 6.10 Å². The second-order valence-corrected chi connectivity index (χ2v) is 5.52. The maximum absolute atomic E-state index is 12.3. The van der Waals surface area contributed by atoms with E-state index in [4.69, 9.17) is 0 Å². The lowest BCUT2D eigenvalue weighted by Crippen LogP contribution is -2.29. The molecule has 0 saturated carbocycles. The summed E-state index contributed by atoms with van der Waals surface area (Å²) in [5.41, 5.74) is 1.55. The Hall–Kier alpha value is -2.21. The van der Waals surface area contributed by atoms with Crippen LogP contribution in [0.25, 0.3) is 0 Å². The molecule has 0 aliphatic carbocycles. The van der Waals surface area contributed by atoms with E-state index >= 15 is 0 Å². The second kappa shape index (κ2) is 5.65. The van der Waals surface area contributed by atoms with E-state index in [1.54, 1.807) is 34.4 Å². The molecule has 3 rings (SSSR count). The number of pyridine rings is 1. The fourth-order valence-corrected chi connectivity index (χ4v) is 2.73. The van der Waals surface area contributed by atoms with Crippen LogP contribution >= 0.6 is 0 Å². The average Bonchev–Trinajstić information content (AvgIpc) is 3.06. The maximum Gasteiger partial charge on any atom is 0.274 e. The highest BCUT2D eigenvalue weighted by molar-refractivity contribution is 5.92. The van der Waals surface area contributed by atoms with E-state index in [1.165, 1.54) is 0 Å². The van der Waals surface area contributed by atoms with Gasteiger partial charge in [-0.15, -0.1) is 0 Å². The summed E-state index contributed by atoms with van der Waals surface area (Å²) >= 11 is 0. The lowest BCUT2D eigenvalue weighted by molar-refractivity contribution is 0.0759. The Kier molecular flexibility index (Phi) is 3.70. The van der Waals surface area contributed by atoms with Crippen LogP contribution < -0.4 is 0 Å². The minimum atomic E-state index is -0.495. The first-order valence-corrected chi connectivity index (χ1v) is 6.97. The van der Waals surface area contributed by atoms with Gasteiger partial charge in [0, 0.05) is 44.6 Å². The highest BCUT2D eigenvalue weighted by Gasteiger charge is 2.34. The predicted molar refractivity (Wildman–Crippen MR) is 76.5 cm³/mol. The van der Waals surface area contributed by atoms with Gasteiger partial charge >= 0.3 is 0 Å². The number of amides is 1. The van der Waals surface area contributed by atoms with Gasteiger partial charge in [-0.1, -0.05) is 0 Å². The second-order valence-electron chi connectivity index (χ2n) is 5.52. The highest BCUT2D eigenvalue weighted by Crippen LogP contribution is 2.22. The zero-order chi connectivity index (χ0) is 14.8. The normalized spacial score (nSPS) is 21.7. The molecule has 0 unspecified atom stereocenters. The number of imidazole rings is 1. The standard InChI is InChI=1S/C15H18N4O2/c1-18-8-13(17-10-18)15(21)19-7-12(14(20)9-19)6-11-2-4-16-5-3-11/h2-5,8,10,12,14,20H,6-7,9H2,1H3/t12-,14+/m1/s1. The van der Waals surface area contributed by atoms with Crippen molar-refractivity contribution in [3.8, 4) is 0 Å². The number of aromatic nitrogens is 3. The maximum atomic E-state index is 12.3. The largest absolute Gasteiger partial charge is 0.391 e. The molecule has 0 spiro atoms. The van der Waals surface area contributed by atoms with E-state index in [9.17, 15) is 9.90 Å². The first-order valence-electron chi connectivity index (χ1n) is 6.97. The van der Waals surface area contributed by atoms with Crippen LogP contribution in [0.1, 0.15) is 16.1 Å². The number of aliphatic hydroxyl groups excluding tert-OH is 1. The lowest BCUT2D eigenvalue weighted by Gasteiger charge is -2.14. The minimum absolute atomic E-state index is 0.0556. The van der Waals surface area contributed by atoms with Gasteiger partial charge in [0.05, 0.1) is 12.4 Å². The Morgan fingerprint density at radius 1 is 1.38 bits per heavy atom. The number of rotatable bonds is 3. The van der Waals surface area contributed by atoms with E-state index in [0.29, 0.717) is 18.8 Å². The lowest BCUT2D eigenvalue weighted by atomic mass is 9.97. The van der Waals surface area contributed by atoms with Gasteiger partial charge < -0.3 is 14.6 Å². The molecular weight excluding hydrogens is 268 g/mol. The minimum Gasteiger partial charge on any atom is -0.391 e. The summed E-state index contributed by atoms with van der Waals surface area (Å²) in [6.07, 6.45) is 7.04. The van der Waals surface area contributed by atoms with Crippen LogP contribution in [0.2, 0.25) is 0 Å². The van der Waals surface area contributed by atoms with Crippen molar-refractivity contribution in [3.63, 3.8) is 0 Å². The van der Waals surface area contributed by atoms with Crippen LogP contribution in [0.15, 0.2) is 37.1 Å². The molecule has 1 aliphatic heterocycles. The van der Waals surface area contributed by atoms with Gasteiger partial charge in [0.25, 0.3) is 5.91 Å². The summed E-state index contributed by atoms with van der Waals surface area (Å²) in [5, 5.41) is 10.2. The van der Waals surface area contributed by atoms with E-state index in [1.807, 2.05) is 19.2 Å². The Balaban J connectivity index is 1.67. The fourth-order valence-electron chi connectivity index (χ4n) is 2.73. The number of β-amino-alcohol motifs (C(OH)–C–C–N with tert-alkyl or cyclic N) is 1. The molecular formula is C15H18N4O2. The summed E-state index contributed by atoms with van der Waals surface area (Å²) in [4.78, 5) is 22.1. The van der Waals surface area contributed by atoms with Crippen molar-refractivity contribution in [2.75, 3.05) is 13.1 Å². The molecule has 21 heavy (non-hydrogen) atoms. The van der Waals surface area contributed by atoms with Crippen LogP contribution in [0.3, 0.4) is 0 Å². The van der Waals surface area contributed by atoms with Crippen molar-refractivity contribution in [2.45, 2.75) is 12.5 Å². The zero-order valence-corrected chi connectivity index (χ0v) is 11.9. The van der Waals surface area contributed by atoms with Crippen LogP contribution in [0.4, 0.5) is 0 Å². The molecule has 1 aliphatic rings. The van der Waals surface area contributed by atoms with Gasteiger partial charge in [0.15, 0.2) is 0 Å². The molecule has 6 heteroatoms. The van der Waals surface area contributed by atoms with E-state index in [0.717, 1.165) is 12.0 Å². The van der Waals surface area contributed by atoms with Crippen LogP contribution in [0.5, 0.6) is 0 Å². The van der Waals surface area contributed by atoms with Crippen LogP contribution in [-0.4, -0.2) is 49.6 Å². The number of aliphatic hydroxyl groups is 1. The summed E-state index contributed by atoms with van der Waals surface area (Å²) in [7, 11) is 1.83. The molecule has 1 fully saturated rings. The van der Waals surface area contributed by atoms with E-state index in [2.05, 4.69) is 9.97 Å². The zero-order valence-electron chi connectivity index (χ0n) is 11.9. The average molecular weight is 286 g/mol. The molecule has 0 aromatic carbocycles. The summed E-state index contributed by atoms with van der Waals surface area (Å²) in [5.74, 6) is -0.0630. The molecule has 2 atom stereocenters. The molecule has 3 heterocycles. The number of carbonyl (C=O) groups excluding carboxylic acids is 1. The molecule has 2 aromatic rings. The summed E-state index contributed by atoms with van der Waals surface area (Å²) in [6.45, 7) is 0.921. The van der Waals surface area contributed by atoms with Crippen molar-refractivity contribution in [3.05, 3.63) is 48.3 Å². The number of nitrogens with zero attached hydrogens (tertiary/aromatic N) is 4. The highest BCUT2D eigenvalue weighted by atomic mass is 16.3. The Morgan fingerprint density at radius 3 is 2.81 bits per heavy atom. The molecule has 2 aromatic heterocycles. The van der Waals surface area contributed by atoms with Crippen molar-refractivity contribution in [1.29, 1.82) is 0 Å². The van der Waals surface area contributed by atoms with Crippen molar-refractivity contribution in [2.24, 2.45) is 13.0 Å². The van der Waals surface area contributed by atoms with Crippen LogP contribution in [0, 0.1) is 5.92 Å². The number of aryl methyl sites for hydroxylation is 1.